The van der Waals surface area contributed by atoms with Gasteiger partial charge in [0, 0.05) is 26.2 Å². The number of aliphatic hydroxyl groups excluding tert-OH is 1. The first-order valence-electron chi connectivity index (χ1n) is 3.62. The van der Waals surface area contributed by atoms with E-state index >= 15 is 0 Å². The standard InChI is InChI=1S/C4H13N3.C2H4O3/c5-1-3-7-4-2-6;3-1-2(4)5/h7H,1-6H2;3H,1H2,(H,4,5). The summed E-state index contributed by atoms with van der Waals surface area (Å²) in [4.78, 5) is 9.12. The molecule has 0 aliphatic carbocycles. The monoisotopic (exact) mass is 179 g/mol. The molecule has 0 amide bonds. The Morgan fingerprint density at radius 1 is 1.25 bits per heavy atom. The maximum Gasteiger partial charge on any atom is 0.329 e. The van der Waals surface area contributed by atoms with Crippen LogP contribution in [0.1, 0.15) is 0 Å². The largest absolute Gasteiger partial charge is 0.480 e. The Kier molecular flexibility index (Phi) is 15.0. The van der Waals surface area contributed by atoms with E-state index in [1.165, 1.54) is 0 Å². The summed E-state index contributed by atoms with van der Waals surface area (Å²) in [6, 6.07) is 0. The van der Waals surface area contributed by atoms with Crippen LogP contribution < -0.4 is 16.8 Å². The number of hydrogen-bond acceptors (Lipinski definition) is 5. The van der Waals surface area contributed by atoms with E-state index in [4.69, 9.17) is 26.5 Å². The minimum Gasteiger partial charge on any atom is -0.480 e. The fourth-order valence-corrected chi connectivity index (χ4v) is 0.329. The van der Waals surface area contributed by atoms with Gasteiger partial charge in [0.15, 0.2) is 0 Å². The molecule has 0 bridgehead atoms. The van der Waals surface area contributed by atoms with Gasteiger partial charge in [-0.2, -0.15) is 0 Å². The first-order chi connectivity index (χ1) is 5.68. The van der Waals surface area contributed by atoms with Gasteiger partial charge in [0.1, 0.15) is 6.61 Å². The van der Waals surface area contributed by atoms with Crippen molar-refractivity contribution in [3.63, 3.8) is 0 Å². The van der Waals surface area contributed by atoms with Crippen LogP contribution in [0.25, 0.3) is 0 Å². The molecule has 0 spiro atoms. The highest BCUT2D eigenvalue weighted by Gasteiger charge is 1.82. The molecule has 0 rings (SSSR count). The van der Waals surface area contributed by atoms with Crippen LogP contribution in [0.4, 0.5) is 0 Å². The van der Waals surface area contributed by atoms with Crippen molar-refractivity contribution >= 4 is 5.97 Å². The molecule has 0 radical (unpaired) electrons. The van der Waals surface area contributed by atoms with E-state index in [9.17, 15) is 0 Å². The number of aliphatic carboxylic acids is 1. The van der Waals surface area contributed by atoms with E-state index in [2.05, 4.69) is 5.32 Å². The molecule has 0 aromatic heterocycles. The lowest BCUT2D eigenvalue weighted by atomic mass is 10.6. The Bertz CT molecular complexity index is 96.0. The molecule has 6 heteroatoms. The summed E-state index contributed by atoms with van der Waals surface area (Å²) >= 11 is 0. The van der Waals surface area contributed by atoms with Gasteiger partial charge in [-0.15, -0.1) is 0 Å². The van der Waals surface area contributed by atoms with Crippen molar-refractivity contribution in [1.82, 2.24) is 5.32 Å². The fourth-order valence-electron chi connectivity index (χ4n) is 0.329. The zero-order valence-electron chi connectivity index (χ0n) is 6.99. The van der Waals surface area contributed by atoms with Crippen molar-refractivity contribution in [3.8, 4) is 0 Å². The van der Waals surface area contributed by atoms with Gasteiger partial charge in [0.25, 0.3) is 0 Å². The van der Waals surface area contributed by atoms with Crippen LogP contribution in [0, 0.1) is 0 Å². The minimum absolute atomic E-state index is 0.694. The number of rotatable bonds is 5. The third kappa shape index (κ3) is 22.8. The lowest BCUT2D eigenvalue weighted by Gasteiger charge is -1.95. The van der Waals surface area contributed by atoms with E-state index < -0.39 is 12.6 Å². The summed E-state index contributed by atoms with van der Waals surface area (Å²) in [6.45, 7) is 2.36. The first-order valence-corrected chi connectivity index (χ1v) is 3.62. The van der Waals surface area contributed by atoms with Crippen LogP contribution in [0.5, 0.6) is 0 Å². The summed E-state index contributed by atoms with van der Waals surface area (Å²) in [5.41, 5.74) is 10.3. The second kappa shape index (κ2) is 12.9. The van der Waals surface area contributed by atoms with Gasteiger partial charge >= 0.3 is 5.97 Å². The zero-order chi connectivity index (χ0) is 9.82. The molecule has 0 atom stereocenters. The van der Waals surface area contributed by atoms with E-state index in [1.807, 2.05) is 0 Å². The van der Waals surface area contributed by atoms with Crippen LogP contribution in [0.3, 0.4) is 0 Å². The van der Waals surface area contributed by atoms with Crippen molar-refractivity contribution in [2.24, 2.45) is 11.5 Å². The molecular formula is C6H17N3O3. The van der Waals surface area contributed by atoms with Crippen LogP contribution in [0.15, 0.2) is 0 Å². The number of carboxylic acids is 1. The predicted octanol–water partition coefficient (Wildman–Crippen LogP) is -2.44. The minimum atomic E-state index is -1.19. The maximum absolute atomic E-state index is 9.12. The van der Waals surface area contributed by atoms with Gasteiger partial charge < -0.3 is 27.0 Å². The second-order valence-electron chi connectivity index (χ2n) is 1.88. The molecule has 74 valence electrons. The van der Waals surface area contributed by atoms with Crippen LogP contribution >= 0.6 is 0 Å². The van der Waals surface area contributed by atoms with Crippen molar-refractivity contribution in [3.05, 3.63) is 0 Å². The highest BCUT2D eigenvalue weighted by Crippen LogP contribution is 1.49. The van der Waals surface area contributed by atoms with Crippen LogP contribution in [-0.2, 0) is 4.79 Å². The summed E-state index contributed by atoms with van der Waals surface area (Å²) in [5.74, 6) is -1.19. The second-order valence-corrected chi connectivity index (χ2v) is 1.88. The van der Waals surface area contributed by atoms with Gasteiger partial charge in [-0.3, -0.25) is 0 Å². The fraction of sp³-hybridized carbons (Fsp3) is 0.833. The normalized spacial score (nSPS) is 8.58. The van der Waals surface area contributed by atoms with Gasteiger partial charge in [-0.25, -0.2) is 4.79 Å². The Morgan fingerprint density at radius 2 is 1.58 bits per heavy atom. The first kappa shape index (κ1) is 13.9. The van der Waals surface area contributed by atoms with Crippen LogP contribution in [0.2, 0.25) is 0 Å². The molecule has 0 aromatic carbocycles. The Balaban J connectivity index is 0. The summed E-state index contributed by atoms with van der Waals surface area (Å²) in [5, 5.41) is 18.1. The van der Waals surface area contributed by atoms with Crippen molar-refractivity contribution in [2.75, 3.05) is 32.8 Å². The molecule has 0 aliphatic rings. The number of carboxylic acid groups (broad SMARTS) is 1. The molecule has 0 aliphatic heterocycles. The lowest BCUT2D eigenvalue weighted by molar-refractivity contribution is -0.140. The lowest BCUT2D eigenvalue weighted by Crippen LogP contribution is -2.27. The number of nitrogens with two attached hydrogens (primary N) is 2. The van der Waals surface area contributed by atoms with Crippen molar-refractivity contribution in [1.29, 1.82) is 0 Å². The van der Waals surface area contributed by atoms with E-state index in [-0.39, 0.29) is 0 Å². The molecule has 0 saturated heterocycles. The average Bonchev–Trinajstić information content (AvgIpc) is 2.07. The third-order valence-corrected chi connectivity index (χ3v) is 0.777. The Morgan fingerprint density at radius 3 is 1.75 bits per heavy atom. The smallest absolute Gasteiger partial charge is 0.329 e. The predicted molar refractivity (Wildman–Crippen MR) is 45.7 cm³/mol. The van der Waals surface area contributed by atoms with Gasteiger partial charge in [-0.05, 0) is 0 Å². The average molecular weight is 179 g/mol. The number of hydrogen-bond donors (Lipinski definition) is 5. The summed E-state index contributed by atoms with van der Waals surface area (Å²) < 4.78 is 0. The van der Waals surface area contributed by atoms with Crippen LogP contribution in [-0.4, -0.2) is 49.0 Å². The molecule has 0 heterocycles. The van der Waals surface area contributed by atoms with E-state index in [0.29, 0.717) is 13.1 Å². The molecular weight excluding hydrogens is 162 g/mol. The highest BCUT2D eigenvalue weighted by atomic mass is 16.4. The highest BCUT2D eigenvalue weighted by molar-refractivity contribution is 5.67. The SMILES string of the molecule is NCCNCCN.O=C(O)CO. The van der Waals surface area contributed by atoms with Gasteiger partial charge in [-0.1, -0.05) is 0 Å². The van der Waals surface area contributed by atoms with E-state index in [1.54, 1.807) is 0 Å². The van der Waals surface area contributed by atoms with Crippen molar-refractivity contribution in [2.45, 2.75) is 0 Å². The molecule has 0 fully saturated rings. The molecule has 0 unspecified atom stereocenters. The molecule has 7 N–H and O–H groups in total. The summed E-state index contributed by atoms with van der Waals surface area (Å²) in [7, 11) is 0. The van der Waals surface area contributed by atoms with Gasteiger partial charge in [0.05, 0.1) is 0 Å². The quantitative estimate of drug-likeness (QED) is 0.299. The number of aliphatic hydroxyl groups is 1. The topological polar surface area (TPSA) is 122 Å². The molecule has 0 aromatic rings. The zero-order valence-corrected chi connectivity index (χ0v) is 6.99. The number of carbonyl (C=O) groups is 1. The summed E-state index contributed by atoms with van der Waals surface area (Å²) in [6.07, 6.45) is 0. The Hall–Kier alpha value is -0.690. The van der Waals surface area contributed by atoms with E-state index in [0.717, 1.165) is 13.1 Å². The third-order valence-electron chi connectivity index (χ3n) is 0.777. The maximum atomic E-state index is 9.12. The molecule has 6 nitrogen and oxygen atoms in total. The Labute approximate surface area is 71.5 Å². The number of nitrogens with one attached hydrogen (secondary N) is 1. The van der Waals surface area contributed by atoms with Crippen molar-refractivity contribution < 1.29 is 15.0 Å². The molecule has 0 saturated carbocycles. The molecule has 12 heavy (non-hydrogen) atoms. The van der Waals surface area contributed by atoms with Gasteiger partial charge in [0.2, 0.25) is 0 Å².